The molecule has 0 amide bonds. The predicted octanol–water partition coefficient (Wildman–Crippen LogP) is 3.48. The first kappa shape index (κ1) is 12.1. The normalized spacial score (nSPS) is 12.5. The Bertz CT molecular complexity index is 427. The van der Waals surface area contributed by atoms with Crippen LogP contribution in [0.1, 0.15) is 13.8 Å². The number of allylic oxidation sites excluding steroid dienone is 4. The molecule has 0 unspecified atom stereocenters. The number of aliphatic imine (C=N–C) groups is 1. The quantitative estimate of drug-likeness (QED) is 0.556. The Morgan fingerprint density at radius 3 is 2.44 bits per heavy atom. The van der Waals surface area contributed by atoms with Crippen LogP contribution in [0.2, 0.25) is 0 Å². The van der Waals surface area contributed by atoms with Gasteiger partial charge in [0.1, 0.15) is 0 Å². The van der Waals surface area contributed by atoms with Gasteiger partial charge in [0.2, 0.25) is 0 Å². The number of hydrogen-bond acceptors (Lipinski definition) is 2. The molecule has 0 spiro atoms. The summed E-state index contributed by atoms with van der Waals surface area (Å²) in [5, 5.41) is 0. The second-order valence-electron chi connectivity index (χ2n) is 3.32. The summed E-state index contributed by atoms with van der Waals surface area (Å²) in [6.45, 7) is 3.68. The molecule has 82 valence electrons. The van der Waals surface area contributed by atoms with E-state index in [1.807, 2.05) is 44.2 Å². The first-order chi connectivity index (χ1) is 7.72. The number of rotatable bonds is 4. The Hall–Kier alpha value is -1.96. The van der Waals surface area contributed by atoms with Gasteiger partial charge in [0.05, 0.1) is 5.69 Å². The Morgan fingerprint density at radius 2 is 1.81 bits per heavy atom. The summed E-state index contributed by atoms with van der Waals surface area (Å²) < 4.78 is 0. The Kier molecular flexibility index (Phi) is 4.93. The minimum atomic E-state index is -0.0230. The van der Waals surface area contributed by atoms with Crippen molar-refractivity contribution in [1.82, 2.24) is 0 Å². The topological polar surface area (TPSA) is 29.4 Å². The average Bonchev–Trinajstić information content (AvgIpc) is 2.28. The second-order valence-corrected chi connectivity index (χ2v) is 3.32. The molecule has 0 aliphatic rings. The van der Waals surface area contributed by atoms with Gasteiger partial charge in [-0.25, -0.2) is 0 Å². The molecule has 2 nitrogen and oxygen atoms in total. The fraction of sp³-hybridized carbons (Fsp3) is 0.143. The highest BCUT2D eigenvalue weighted by Crippen LogP contribution is 2.10. The van der Waals surface area contributed by atoms with E-state index in [4.69, 9.17) is 0 Å². The molecule has 0 saturated heterocycles. The molecular weight excluding hydrogens is 198 g/mol. The van der Waals surface area contributed by atoms with Crippen LogP contribution in [-0.2, 0) is 4.79 Å². The molecule has 0 atom stereocenters. The van der Waals surface area contributed by atoms with Crippen molar-refractivity contribution in [2.45, 2.75) is 13.8 Å². The third-order valence-corrected chi connectivity index (χ3v) is 1.88. The van der Waals surface area contributed by atoms with Gasteiger partial charge < -0.3 is 0 Å². The summed E-state index contributed by atoms with van der Waals surface area (Å²) in [6.07, 6.45) is 6.47. The van der Waals surface area contributed by atoms with Crippen molar-refractivity contribution in [2.75, 3.05) is 0 Å². The first-order valence-corrected chi connectivity index (χ1v) is 5.17. The number of nitrogens with zero attached hydrogens (tertiary/aromatic N) is 1. The van der Waals surface area contributed by atoms with Crippen LogP contribution in [0.4, 0.5) is 5.69 Å². The van der Waals surface area contributed by atoms with Gasteiger partial charge in [0.25, 0.3) is 0 Å². The maximum atomic E-state index is 11.2. The van der Waals surface area contributed by atoms with Crippen LogP contribution in [0.25, 0.3) is 0 Å². The lowest BCUT2D eigenvalue weighted by Gasteiger charge is -1.93. The zero-order valence-corrected chi connectivity index (χ0v) is 9.55. The summed E-state index contributed by atoms with van der Waals surface area (Å²) in [6, 6.07) is 9.65. The number of hydrogen-bond donors (Lipinski definition) is 0. The predicted molar refractivity (Wildman–Crippen MR) is 68.2 cm³/mol. The third-order valence-electron chi connectivity index (χ3n) is 1.88. The SMILES string of the molecule is C/C=C\C(=O)/C=C\C(C)=Nc1ccccc1. The van der Waals surface area contributed by atoms with E-state index in [1.54, 1.807) is 12.2 Å². The lowest BCUT2D eigenvalue weighted by Crippen LogP contribution is -1.89. The van der Waals surface area contributed by atoms with Gasteiger partial charge >= 0.3 is 0 Å². The molecule has 2 heteroatoms. The largest absolute Gasteiger partial charge is 0.290 e. The molecule has 0 N–H and O–H groups in total. The fourth-order valence-electron chi connectivity index (χ4n) is 1.17. The smallest absolute Gasteiger partial charge is 0.178 e. The Morgan fingerprint density at radius 1 is 1.12 bits per heavy atom. The van der Waals surface area contributed by atoms with Crippen LogP contribution in [0.15, 0.2) is 59.6 Å². The monoisotopic (exact) mass is 213 g/mol. The lowest BCUT2D eigenvalue weighted by molar-refractivity contribution is -0.110. The van der Waals surface area contributed by atoms with Gasteiger partial charge in [-0.15, -0.1) is 0 Å². The van der Waals surface area contributed by atoms with Crippen molar-refractivity contribution >= 4 is 17.2 Å². The number of ketones is 1. The van der Waals surface area contributed by atoms with Gasteiger partial charge in [-0.2, -0.15) is 0 Å². The molecule has 1 aromatic carbocycles. The second kappa shape index (κ2) is 6.51. The van der Waals surface area contributed by atoms with Crippen molar-refractivity contribution in [3.05, 3.63) is 54.6 Å². The lowest BCUT2D eigenvalue weighted by atomic mass is 10.2. The molecule has 0 aliphatic carbocycles. The van der Waals surface area contributed by atoms with E-state index in [9.17, 15) is 4.79 Å². The van der Waals surface area contributed by atoms with Crippen molar-refractivity contribution < 1.29 is 4.79 Å². The molecule has 0 radical (unpaired) electrons. The van der Waals surface area contributed by atoms with Crippen molar-refractivity contribution in [2.24, 2.45) is 4.99 Å². The van der Waals surface area contributed by atoms with Crippen LogP contribution in [0.3, 0.4) is 0 Å². The van der Waals surface area contributed by atoms with Gasteiger partial charge in [-0.1, -0.05) is 24.3 Å². The van der Waals surface area contributed by atoms with E-state index in [1.165, 1.54) is 12.2 Å². The van der Waals surface area contributed by atoms with Gasteiger partial charge in [0, 0.05) is 5.71 Å². The van der Waals surface area contributed by atoms with Crippen LogP contribution in [-0.4, -0.2) is 11.5 Å². The standard InChI is InChI=1S/C14H15NO/c1-3-7-14(16)11-10-12(2)15-13-8-5-4-6-9-13/h3-11H,1-2H3/b7-3-,11-10-,15-12?. The zero-order valence-electron chi connectivity index (χ0n) is 9.55. The zero-order chi connectivity index (χ0) is 11.8. The van der Waals surface area contributed by atoms with Crippen LogP contribution in [0.5, 0.6) is 0 Å². The highest BCUT2D eigenvalue weighted by molar-refractivity contribution is 6.05. The van der Waals surface area contributed by atoms with E-state index < -0.39 is 0 Å². The van der Waals surface area contributed by atoms with E-state index in [0.717, 1.165) is 11.4 Å². The third kappa shape index (κ3) is 4.51. The molecule has 0 aliphatic heterocycles. The summed E-state index contributed by atoms with van der Waals surface area (Å²) in [5.41, 5.74) is 1.70. The maximum Gasteiger partial charge on any atom is 0.178 e. The molecule has 0 saturated carbocycles. The number of benzene rings is 1. The van der Waals surface area contributed by atoms with Crippen molar-refractivity contribution in [3.63, 3.8) is 0 Å². The minimum Gasteiger partial charge on any atom is -0.290 e. The summed E-state index contributed by atoms with van der Waals surface area (Å²) in [4.78, 5) is 15.5. The average molecular weight is 213 g/mol. The number of carbonyl (C=O) groups is 1. The molecule has 0 fully saturated rings. The van der Waals surface area contributed by atoms with E-state index in [2.05, 4.69) is 4.99 Å². The summed E-state index contributed by atoms with van der Waals surface area (Å²) in [7, 11) is 0. The van der Waals surface area contributed by atoms with Crippen LogP contribution < -0.4 is 0 Å². The van der Waals surface area contributed by atoms with Crippen molar-refractivity contribution in [3.8, 4) is 0 Å². The number of para-hydroxylation sites is 1. The summed E-state index contributed by atoms with van der Waals surface area (Å²) in [5.74, 6) is -0.0230. The first-order valence-electron chi connectivity index (χ1n) is 5.17. The molecule has 0 aromatic heterocycles. The van der Waals surface area contributed by atoms with Crippen LogP contribution >= 0.6 is 0 Å². The molecule has 16 heavy (non-hydrogen) atoms. The highest BCUT2D eigenvalue weighted by Gasteiger charge is 1.90. The minimum absolute atomic E-state index is 0.0230. The molecule has 0 bridgehead atoms. The molecule has 1 aromatic rings. The number of carbonyl (C=O) groups excluding carboxylic acids is 1. The fourth-order valence-corrected chi connectivity index (χ4v) is 1.17. The summed E-state index contributed by atoms with van der Waals surface area (Å²) >= 11 is 0. The van der Waals surface area contributed by atoms with E-state index >= 15 is 0 Å². The van der Waals surface area contributed by atoms with E-state index in [0.29, 0.717) is 0 Å². The molecular formula is C14H15NO. The maximum absolute atomic E-state index is 11.2. The van der Waals surface area contributed by atoms with Crippen molar-refractivity contribution in [1.29, 1.82) is 0 Å². The molecule has 1 rings (SSSR count). The Labute approximate surface area is 96.0 Å². The molecule has 0 heterocycles. The Balaban J connectivity index is 2.69. The van der Waals surface area contributed by atoms with Gasteiger partial charge in [-0.3, -0.25) is 9.79 Å². The van der Waals surface area contributed by atoms with E-state index in [-0.39, 0.29) is 5.78 Å². The highest BCUT2D eigenvalue weighted by atomic mass is 16.1. The van der Waals surface area contributed by atoms with Gasteiger partial charge in [-0.05, 0) is 44.2 Å². The van der Waals surface area contributed by atoms with Crippen LogP contribution in [0, 0.1) is 0 Å². The van der Waals surface area contributed by atoms with Gasteiger partial charge in [0.15, 0.2) is 5.78 Å².